The van der Waals surface area contributed by atoms with Crippen molar-refractivity contribution in [3.05, 3.63) is 58.1 Å². The molecule has 0 fully saturated rings. The number of hydrogen-bond donors (Lipinski definition) is 1. The van der Waals surface area contributed by atoms with Gasteiger partial charge in [0.15, 0.2) is 0 Å². The minimum atomic E-state index is -1.01. The summed E-state index contributed by atoms with van der Waals surface area (Å²) in [4.78, 5) is 11.2. The predicted octanol–water partition coefficient (Wildman–Crippen LogP) is 5.06. The fraction of sp³-hybridized carbons (Fsp3) is 0.188. The molecule has 0 aromatic heterocycles. The van der Waals surface area contributed by atoms with Gasteiger partial charge in [0.25, 0.3) is 0 Å². The average Bonchev–Trinajstić information content (AvgIpc) is 2.38. The second-order valence-electron chi connectivity index (χ2n) is 4.74. The van der Waals surface area contributed by atoms with Crippen molar-refractivity contribution in [3.8, 4) is 11.5 Å². The predicted molar refractivity (Wildman–Crippen MR) is 81.7 cm³/mol. The number of carbonyl (C=O) groups is 1. The number of hydrogen-bond acceptors (Lipinski definition) is 2. The van der Waals surface area contributed by atoms with Crippen LogP contribution in [0.5, 0.6) is 11.5 Å². The van der Waals surface area contributed by atoms with Crippen LogP contribution < -0.4 is 4.74 Å². The van der Waals surface area contributed by atoms with E-state index in [1.807, 2.05) is 24.3 Å². The van der Waals surface area contributed by atoms with E-state index in [1.165, 1.54) is 6.07 Å². The zero-order chi connectivity index (χ0) is 14.7. The molecule has 0 spiro atoms. The minimum Gasteiger partial charge on any atom is -0.478 e. The van der Waals surface area contributed by atoms with Gasteiger partial charge in [-0.05, 0) is 35.7 Å². The summed E-state index contributed by atoms with van der Waals surface area (Å²) in [6.45, 7) is 4.14. The summed E-state index contributed by atoms with van der Waals surface area (Å²) < 4.78 is 6.61. The third-order valence-electron chi connectivity index (χ3n) is 2.94. The quantitative estimate of drug-likeness (QED) is 0.849. The van der Waals surface area contributed by atoms with Gasteiger partial charge in [0.05, 0.1) is 0 Å². The molecular formula is C16H15BrO3. The summed E-state index contributed by atoms with van der Waals surface area (Å²) in [5.41, 5.74) is 1.19. The highest BCUT2D eigenvalue weighted by molar-refractivity contribution is 9.10. The number of carboxylic acids is 1. The molecule has 2 rings (SSSR count). The summed E-state index contributed by atoms with van der Waals surface area (Å²) in [6.07, 6.45) is 0. The standard InChI is InChI=1S/C16H15BrO3/c1-10(2)12-5-3-4-6-14(12)20-15-9-11(17)7-8-13(15)16(18)19/h3-10H,1-2H3,(H,18,19). The Hall–Kier alpha value is -1.81. The van der Waals surface area contributed by atoms with Crippen molar-refractivity contribution in [1.29, 1.82) is 0 Å². The van der Waals surface area contributed by atoms with E-state index in [-0.39, 0.29) is 5.56 Å². The number of rotatable bonds is 4. The molecule has 2 aromatic carbocycles. The van der Waals surface area contributed by atoms with Crippen LogP contribution in [0.15, 0.2) is 46.9 Å². The van der Waals surface area contributed by atoms with Crippen molar-refractivity contribution < 1.29 is 14.6 Å². The molecule has 0 atom stereocenters. The number of carboxylic acid groups (broad SMARTS) is 1. The first kappa shape index (κ1) is 14.6. The molecule has 0 aliphatic heterocycles. The smallest absolute Gasteiger partial charge is 0.339 e. The van der Waals surface area contributed by atoms with Gasteiger partial charge in [0, 0.05) is 4.47 Å². The van der Waals surface area contributed by atoms with Gasteiger partial charge in [0.1, 0.15) is 17.1 Å². The minimum absolute atomic E-state index is 0.145. The van der Waals surface area contributed by atoms with Crippen molar-refractivity contribution >= 4 is 21.9 Å². The van der Waals surface area contributed by atoms with Gasteiger partial charge in [-0.25, -0.2) is 4.79 Å². The Labute approximate surface area is 126 Å². The number of para-hydroxylation sites is 1. The van der Waals surface area contributed by atoms with E-state index in [2.05, 4.69) is 29.8 Å². The molecule has 2 aromatic rings. The molecule has 0 bridgehead atoms. The maximum atomic E-state index is 11.2. The van der Waals surface area contributed by atoms with Gasteiger partial charge in [-0.1, -0.05) is 48.0 Å². The van der Waals surface area contributed by atoms with Crippen LogP contribution in [-0.2, 0) is 0 Å². The third-order valence-corrected chi connectivity index (χ3v) is 3.43. The maximum absolute atomic E-state index is 11.2. The second-order valence-corrected chi connectivity index (χ2v) is 5.66. The zero-order valence-corrected chi connectivity index (χ0v) is 12.8. The van der Waals surface area contributed by atoms with Crippen LogP contribution in [0, 0.1) is 0 Å². The molecule has 0 saturated heterocycles. The highest BCUT2D eigenvalue weighted by Gasteiger charge is 2.14. The van der Waals surface area contributed by atoms with Gasteiger partial charge in [0.2, 0.25) is 0 Å². The summed E-state index contributed by atoms with van der Waals surface area (Å²) in [7, 11) is 0. The van der Waals surface area contributed by atoms with Crippen LogP contribution in [0.4, 0.5) is 0 Å². The van der Waals surface area contributed by atoms with Crippen LogP contribution in [-0.4, -0.2) is 11.1 Å². The van der Waals surface area contributed by atoms with Gasteiger partial charge in [-0.3, -0.25) is 0 Å². The fourth-order valence-corrected chi connectivity index (χ4v) is 2.27. The lowest BCUT2D eigenvalue weighted by Gasteiger charge is -2.15. The average molecular weight is 335 g/mol. The summed E-state index contributed by atoms with van der Waals surface area (Å²) in [6, 6.07) is 12.5. The summed E-state index contributed by atoms with van der Waals surface area (Å²) in [5, 5.41) is 9.22. The Bertz CT molecular complexity index is 635. The van der Waals surface area contributed by atoms with E-state index >= 15 is 0 Å². The number of ether oxygens (including phenoxy) is 1. The Morgan fingerprint density at radius 2 is 1.85 bits per heavy atom. The largest absolute Gasteiger partial charge is 0.478 e. The van der Waals surface area contributed by atoms with Gasteiger partial charge >= 0.3 is 5.97 Å². The van der Waals surface area contributed by atoms with Crippen molar-refractivity contribution in [1.82, 2.24) is 0 Å². The molecule has 1 N–H and O–H groups in total. The molecular weight excluding hydrogens is 320 g/mol. The Morgan fingerprint density at radius 3 is 2.50 bits per heavy atom. The lowest BCUT2D eigenvalue weighted by atomic mass is 10.0. The molecule has 104 valence electrons. The van der Waals surface area contributed by atoms with Gasteiger partial charge in [-0.15, -0.1) is 0 Å². The molecule has 0 amide bonds. The molecule has 0 saturated carbocycles. The van der Waals surface area contributed by atoms with Crippen LogP contribution in [0.2, 0.25) is 0 Å². The monoisotopic (exact) mass is 334 g/mol. The third kappa shape index (κ3) is 3.20. The highest BCUT2D eigenvalue weighted by atomic mass is 79.9. The Morgan fingerprint density at radius 1 is 1.15 bits per heavy atom. The number of halogens is 1. The summed E-state index contributed by atoms with van der Waals surface area (Å²) >= 11 is 3.33. The van der Waals surface area contributed by atoms with E-state index < -0.39 is 5.97 Å². The Kier molecular flexibility index (Phi) is 4.45. The zero-order valence-electron chi connectivity index (χ0n) is 11.3. The van der Waals surface area contributed by atoms with Crippen LogP contribution in [0.3, 0.4) is 0 Å². The first-order chi connectivity index (χ1) is 9.49. The van der Waals surface area contributed by atoms with Crippen molar-refractivity contribution in [2.75, 3.05) is 0 Å². The maximum Gasteiger partial charge on any atom is 0.339 e. The van der Waals surface area contributed by atoms with Gasteiger partial charge in [-0.2, -0.15) is 0 Å². The molecule has 20 heavy (non-hydrogen) atoms. The molecule has 4 heteroatoms. The van der Waals surface area contributed by atoms with E-state index in [4.69, 9.17) is 4.74 Å². The van der Waals surface area contributed by atoms with Crippen molar-refractivity contribution in [2.24, 2.45) is 0 Å². The van der Waals surface area contributed by atoms with Crippen molar-refractivity contribution in [2.45, 2.75) is 19.8 Å². The van der Waals surface area contributed by atoms with E-state index in [0.717, 1.165) is 10.0 Å². The highest BCUT2D eigenvalue weighted by Crippen LogP contribution is 2.33. The van der Waals surface area contributed by atoms with E-state index in [0.29, 0.717) is 17.4 Å². The molecule has 0 aliphatic rings. The first-order valence-electron chi connectivity index (χ1n) is 6.28. The van der Waals surface area contributed by atoms with Gasteiger partial charge < -0.3 is 9.84 Å². The number of aromatic carboxylic acids is 1. The molecule has 0 heterocycles. The normalized spacial score (nSPS) is 10.6. The van der Waals surface area contributed by atoms with E-state index in [1.54, 1.807) is 12.1 Å². The fourth-order valence-electron chi connectivity index (χ4n) is 1.93. The van der Waals surface area contributed by atoms with Crippen LogP contribution in [0.1, 0.15) is 35.7 Å². The molecule has 0 radical (unpaired) electrons. The molecule has 0 unspecified atom stereocenters. The topological polar surface area (TPSA) is 46.5 Å². The van der Waals surface area contributed by atoms with Crippen LogP contribution >= 0.6 is 15.9 Å². The SMILES string of the molecule is CC(C)c1ccccc1Oc1cc(Br)ccc1C(=O)O. The summed E-state index contributed by atoms with van der Waals surface area (Å²) in [5.74, 6) is 0.309. The lowest BCUT2D eigenvalue weighted by molar-refractivity contribution is 0.0694. The molecule has 0 aliphatic carbocycles. The number of benzene rings is 2. The van der Waals surface area contributed by atoms with E-state index in [9.17, 15) is 9.90 Å². The van der Waals surface area contributed by atoms with Crippen LogP contribution in [0.25, 0.3) is 0 Å². The Balaban J connectivity index is 2.45. The first-order valence-corrected chi connectivity index (χ1v) is 7.08. The van der Waals surface area contributed by atoms with Crippen molar-refractivity contribution in [3.63, 3.8) is 0 Å². The lowest BCUT2D eigenvalue weighted by Crippen LogP contribution is -2.01. The second kappa shape index (κ2) is 6.09. The molecule has 3 nitrogen and oxygen atoms in total.